The minimum atomic E-state index is -0.356. The molecule has 16 rings (SSSR count). The van der Waals surface area contributed by atoms with Crippen LogP contribution in [0.4, 0.5) is 14.4 Å². The maximum absolute atomic E-state index is 13.0. The highest BCUT2D eigenvalue weighted by Crippen LogP contribution is 2.41. The fourth-order valence-corrected chi connectivity index (χ4v) is 19.8. The monoisotopic (exact) mass is 1720 g/mol. The normalized spacial score (nSPS) is 22.9. The summed E-state index contributed by atoms with van der Waals surface area (Å²) in [6.07, 6.45) is 81.6. The molecule has 6 aliphatic heterocycles. The van der Waals surface area contributed by atoms with Crippen molar-refractivity contribution in [2.45, 2.75) is 377 Å². The Labute approximate surface area is 742 Å². The van der Waals surface area contributed by atoms with Gasteiger partial charge < -0.3 is 40.0 Å². The van der Waals surface area contributed by atoms with Crippen LogP contribution in [0.25, 0.3) is 0 Å². The maximum Gasteiger partial charge on any atom is 0.344 e. The number of piperidine rings is 3. The molecule has 4 aromatic rings. The number of oxime groups is 1. The smallest absolute Gasteiger partial charge is 0.344 e. The van der Waals surface area contributed by atoms with Gasteiger partial charge in [0.15, 0.2) is 5.17 Å². The summed E-state index contributed by atoms with van der Waals surface area (Å²) in [4.78, 5) is 64.7. The van der Waals surface area contributed by atoms with Gasteiger partial charge >= 0.3 is 18.1 Å². The highest BCUT2D eigenvalue weighted by Gasteiger charge is 2.49. The Balaban J connectivity index is 0.000000183. The lowest BCUT2D eigenvalue weighted by molar-refractivity contribution is -0.140. The molecule has 6 saturated heterocycles. The lowest BCUT2D eigenvalue weighted by Gasteiger charge is -2.28. The molecule has 122 heavy (non-hydrogen) atoms. The van der Waals surface area contributed by atoms with Crippen molar-refractivity contribution in [2.75, 3.05) is 32.7 Å². The standard InChI is InChI=1S/C25H33N3O3.C18H27N3O3.C14H16ClN3O3.2C11H18.C10H17N.C6H10O.C4H7N.ClH/c29-25-27-17-21(28(25)30-18-20-10-5-2-6-11-20)14-15-24(27)23-16-22(31-26-23)13-7-12-19-8-3-1-4-9-19;22-18-20-12-14(21(18)23)9-10-17(20)16-11-15(24-19-16)8-4-7-13-5-2-1-3-6-13;15-13(16-20)12-7-6-11-8-17(12)14(19)18(11)21-9-10-4-2-1-3-5-10;2*1-2-3-5-8-11-9-6-4-7-10-11;1-2-3-9-11-10-7-5-4-6-8-10;7-6-4-2-1-3-5-6;1-2-3-4-5;/h2,5-6,10-11,16,19,21,24H,1,3-4,7-9,12-15,17-18H2;11,13-14,17,23H,1-10,12H2;1-5,11-12,20H,6-9H2;2*1,11H,3-10H2;1,10-11H,3-9H2;1-5H2;1H,3-5H2;1H/b;;16-13-;;;;;;/t21-,24+;14-,17+;11-,12+;;;;;;/m111....../s1. The lowest BCUT2D eigenvalue weighted by atomic mass is 9.86. The van der Waals surface area contributed by atoms with Gasteiger partial charge in [0.05, 0.1) is 36.3 Å². The Morgan fingerprint density at radius 1 is 0.484 bits per heavy atom. The third-order valence-electron chi connectivity index (χ3n) is 26.5. The number of unbranched alkanes of at least 4 members (excludes halogenated alkanes) is 2. The average molecular weight is 1720 g/mol. The number of ketones is 1. The summed E-state index contributed by atoms with van der Waals surface area (Å²) in [5.74, 6) is 16.6. The van der Waals surface area contributed by atoms with Gasteiger partial charge in [0.2, 0.25) is 0 Å². The fourth-order valence-electron chi connectivity index (χ4n) is 19.5. The van der Waals surface area contributed by atoms with Crippen molar-refractivity contribution in [3.63, 3.8) is 0 Å². The van der Waals surface area contributed by atoms with Crippen molar-refractivity contribution in [3.8, 4) is 49.4 Å². The van der Waals surface area contributed by atoms with Crippen LogP contribution in [0, 0.1) is 73.0 Å². The van der Waals surface area contributed by atoms with Crippen molar-refractivity contribution in [2.24, 2.45) is 34.6 Å². The first-order chi connectivity index (χ1) is 59.3. The average Bonchev–Trinajstić information content (AvgIpc) is 1.61. The van der Waals surface area contributed by atoms with E-state index in [9.17, 15) is 24.4 Å². The minimum absolute atomic E-state index is 0. The number of nitrogens with zero attached hydrogens (tertiary/aromatic N) is 9. The molecule has 2 aromatic carbocycles. The third kappa shape index (κ3) is 34.1. The molecule has 0 unspecified atom stereocenters. The number of rotatable bonds is 27. The number of fused-ring (bicyclic) bond motifs is 6. The first kappa shape index (κ1) is 99.8. The number of halogens is 2. The van der Waals surface area contributed by atoms with Crippen LogP contribution in [0.5, 0.6) is 0 Å². The van der Waals surface area contributed by atoms with E-state index in [0.717, 1.165) is 178 Å². The van der Waals surface area contributed by atoms with E-state index in [1.54, 1.807) is 14.9 Å². The third-order valence-corrected chi connectivity index (χ3v) is 26.8. The van der Waals surface area contributed by atoms with E-state index in [4.69, 9.17) is 67.0 Å². The van der Waals surface area contributed by atoms with Crippen LogP contribution in [0.3, 0.4) is 0 Å². The number of benzene rings is 2. The number of nitrogens with one attached hydrogen (secondary N) is 1. The predicted octanol–water partition coefficient (Wildman–Crippen LogP) is 22.6. The number of aromatic nitrogens is 2. The summed E-state index contributed by atoms with van der Waals surface area (Å²) in [7, 11) is 0. The number of aryl methyl sites for hydroxylation is 2. The van der Waals surface area contributed by atoms with Gasteiger partial charge in [-0.1, -0.05) is 255 Å². The Morgan fingerprint density at radius 2 is 0.869 bits per heavy atom. The topological polar surface area (TPSA) is 249 Å². The summed E-state index contributed by atoms with van der Waals surface area (Å²) in [5.41, 5.74) is 8.80. The van der Waals surface area contributed by atoms with Gasteiger partial charge in [0.25, 0.3) is 0 Å². The number of hydroxylamine groups is 6. The summed E-state index contributed by atoms with van der Waals surface area (Å²) < 4.78 is 11.2. The van der Waals surface area contributed by atoms with Crippen LogP contribution < -0.4 is 11.1 Å². The van der Waals surface area contributed by atoms with E-state index in [-0.39, 0.29) is 71.9 Å². The van der Waals surface area contributed by atoms with Crippen molar-refractivity contribution < 1.29 is 48.3 Å². The highest BCUT2D eigenvalue weighted by molar-refractivity contribution is 6.66. The minimum Gasteiger partial charge on any atom is -0.410 e. The van der Waals surface area contributed by atoms with Crippen molar-refractivity contribution in [3.05, 3.63) is 107 Å². The molecule has 8 heterocycles. The van der Waals surface area contributed by atoms with Crippen LogP contribution in [-0.4, -0.2) is 143 Å². The molecule has 21 nitrogen and oxygen atoms in total. The van der Waals surface area contributed by atoms with E-state index >= 15 is 0 Å². The number of amides is 6. The first-order valence-electron chi connectivity index (χ1n) is 47.1. The summed E-state index contributed by atoms with van der Waals surface area (Å²) in [5, 5.41) is 37.6. The zero-order valence-corrected chi connectivity index (χ0v) is 75.0. The van der Waals surface area contributed by atoms with Gasteiger partial charge in [-0.2, -0.15) is 10.1 Å². The molecular formula is C99H147Cl2N11O10. The molecule has 2 aromatic heterocycles. The molecule has 6 saturated carbocycles. The zero-order valence-electron chi connectivity index (χ0n) is 73.4. The lowest BCUT2D eigenvalue weighted by Crippen LogP contribution is -2.43. The van der Waals surface area contributed by atoms with Crippen molar-refractivity contribution in [1.29, 1.82) is 0 Å². The van der Waals surface area contributed by atoms with Crippen LogP contribution in [-0.2, 0) is 40.5 Å². The van der Waals surface area contributed by atoms with Crippen LogP contribution >= 0.6 is 24.0 Å². The summed E-state index contributed by atoms with van der Waals surface area (Å²) in [6.45, 7) is 4.20. The quantitative estimate of drug-likeness (QED) is 0.0108. The molecule has 12 aliphatic rings. The van der Waals surface area contributed by atoms with Crippen LogP contribution in [0.2, 0.25) is 0 Å². The number of carbonyl (C=O) groups excluding carboxylic acids is 4. The number of terminal acetylenes is 4. The molecule has 5 N–H and O–H groups in total. The predicted molar refractivity (Wildman–Crippen MR) is 486 cm³/mol. The molecule has 672 valence electrons. The molecule has 23 heteroatoms. The number of Topliss-reactive ketones (excluding diaryl/α,β-unsaturated/α-hetero) is 1. The molecule has 6 amide bonds. The van der Waals surface area contributed by atoms with Gasteiger partial charge in [-0.25, -0.2) is 19.4 Å². The van der Waals surface area contributed by atoms with E-state index < -0.39 is 0 Å². The molecule has 12 fully saturated rings. The largest absolute Gasteiger partial charge is 0.410 e. The second-order valence-electron chi connectivity index (χ2n) is 35.5. The maximum atomic E-state index is 13.0. The van der Waals surface area contributed by atoms with E-state index in [2.05, 4.69) is 50.5 Å². The van der Waals surface area contributed by atoms with E-state index in [1.807, 2.05) is 71.6 Å². The van der Waals surface area contributed by atoms with Crippen LogP contribution in [0.15, 0.2) is 87.0 Å². The Kier molecular flexibility index (Phi) is 47.3. The molecule has 6 aliphatic carbocycles. The van der Waals surface area contributed by atoms with Crippen LogP contribution in [0.1, 0.15) is 354 Å². The zero-order chi connectivity index (χ0) is 85.4. The molecule has 6 atom stereocenters. The van der Waals surface area contributed by atoms with Gasteiger partial charge in [-0.05, 0) is 138 Å². The number of carbonyl (C=O) groups is 4. The van der Waals surface area contributed by atoms with Gasteiger partial charge in [-0.3, -0.25) is 19.7 Å². The molecule has 6 bridgehead atoms. The molecular weight excluding hydrogens is 1570 g/mol. The van der Waals surface area contributed by atoms with Gasteiger partial charge in [-0.15, -0.1) is 61.8 Å². The van der Waals surface area contributed by atoms with E-state index in [1.165, 1.54) is 211 Å². The van der Waals surface area contributed by atoms with Gasteiger partial charge in [0.1, 0.15) is 41.9 Å². The Hall–Kier alpha value is -7.57. The SMILES string of the molecule is C#CCCCC1CCCCC1.C#CCCCC1CCCCC1.C#CCCN.C#CCCNC1CCCCC1.Cl.O=C1CCCCC1.O=C1N(O)[C@@H]2CC[C@@H](c3cc(CCCC4CCCCC4)on3)N1C2.O=C1N2C[C@@H](CC[C@H]2/C(Cl)=N/O)N1OCc1ccccc1.O=C1N2C[C@@H](CC[C@H]2c2cc(CCCC3CCCCC3)on2)N1OCc1ccccc1. The number of nitrogens with two attached hydrogens (primary N) is 1. The number of hydrogen-bond donors (Lipinski definition) is 4. The Bertz CT molecular complexity index is 3700. The van der Waals surface area contributed by atoms with E-state index in [0.29, 0.717) is 58.0 Å². The fraction of sp³-hybridized carbons (Fsp3) is 0.687. The Morgan fingerprint density at radius 3 is 1.28 bits per heavy atom. The second-order valence-corrected chi connectivity index (χ2v) is 35.9. The summed E-state index contributed by atoms with van der Waals surface area (Å²) in [6, 6.07) is 23.6. The summed E-state index contributed by atoms with van der Waals surface area (Å²) >= 11 is 5.87. The second kappa shape index (κ2) is 57.9. The number of hydrogen-bond acceptors (Lipinski definition) is 15. The van der Waals surface area contributed by atoms with Crippen molar-refractivity contribution >= 4 is 53.1 Å². The number of urea groups is 3. The first-order valence-corrected chi connectivity index (χ1v) is 47.5. The molecule has 0 radical (unpaired) electrons. The van der Waals surface area contributed by atoms with Gasteiger partial charge in [0, 0.05) is 102 Å². The molecule has 0 spiro atoms. The highest BCUT2D eigenvalue weighted by atomic mass is 35.5. The van der Waals surface area contributed by atoms with Crippen molar-refractivity contribution in [1.82, 2.24) is 45.5 Å².